The van der Waals surface area contributed by atoms with E-state index in [1.165, 1.54) is 16.0 Å². The van der Waals surface area contributed by atoms with Gasteiger partial charge in [-0.1, -0.05) is 35.5 Å². The van der Waals surface area contributed by atoms with Crippen molar-refractivity contribution in [2.24, 2.45) is 0 Å². The molecular formula is C24H24N4O3S. The molecule has 0 bridgehead atoms. The molecule has 2 unspecified atom stereocenters. The number of methoxy groups -OCH3 is 1. The van der Waals surface area contributed by atoms with Gasteiger partial charge in [0.05, 0.1) is 18.2 Å². The normalized spacial score (nSPS) is 16.9. The molecule has 164 valence electrons. The molecule has 1 saturated heterocycles. The number of rotatable bonds is 6. The quantitative estimate of drug-likeness (QED) is 0.480. The van der Waals surface area contributed by atoms with Gasteiger partial charge in [-0.15, -0.1) is 16.4 Å². The highest BCUT2D eigenvalue weighted by atomic mass is 32.1. The summed E-state index contributed by atoms with van der Waals surface area (Å²) in [7, 11) is 1.59. The minimum absolute atomic E-state index is 0.0123. The minimum atomic E-state index is -0.215. The smallest absolute Gasteiger partial charge is 0.283 e. The number of nitrogens with one attached hydrogen (secondary N) is 1. The zero-order chi connectivity index (χ0) is 22.1. The number of ether oxygens (including phenoxy) is 2. The van der Waals surface area contributed by atoms with Gasteiger partial charge in [-0.25, -0.2) is 0 Å². The van der Waals surface area contributed by atoms with E-state index < -0.39 is 0 Å². The van der Waals surface area contributed by atoms with Gasteiger partial charge in [0, 0.05) is 17.0 Å². The van der Waals surface area contributed by atoms with E-state index in [-0.39, 0.29) is 11.7 Å². The highest BCUT2D eigenvalue weighted by molar-refractivity contribution is 7.21. The van der Waals surface area contributed by atoms with E-state index >= 15 is 0 Å². The van der Waals surface area contributed by atoms with Gasteiger partial charge < -0.3 is 14.8 Å². The summed E-state index contributed by atoms with van der Waals surface area (Å²) >= 11 is 1.46. The summed E-state index contributed by atoms with van der Waals surface area (Å²) in [5.74, 6) is 1.19. The molecule has 5 rings (SSSR count). The van der Waals surface area contributed by atoms with Crippen LogP contribution in [0.4, 0.5) is 0 Å². The van der Waals surface area contributed by atoms with Crippen LogP contribution in [0.1, 0.15) is 19.8 Å². The molecule has 0 spiro atoms. The second kappa shape index (κ2) is 8.72. The minimum Gasteiger partial charge on any atom is -0.493 e. The molecule has 1 aliphatic rings. The van der Waals surface area contributed by atoms with Gasteiger partial charge in [0.2, 0.25) is 0 Å². The van der Waals surface area contributed by atoms with Crippen molar-refractivity contribution in [3.05, 3.63) is 65.0 Å². The lowest BCUT2D eigenvalue weighted by molar-refractivity contribution is 0.173. The van der Waals surface area contributed by atoms with Crippen LogP contribution in [0.25, 0.3) is 26.3 Å². The first kappa shape index (κ1) is 20.7. The lowest BCUT2D eigenvalue weighted by atomic mass is 10.1. The zero-order valence-corrected chi connectivity index (χ0v) is 18.8. The molecule has 0 saturated carbocycles. The van der Waals surface area contributed by atoms with Crippen molar-refractivity contribution in [2.75, 3.05) is 13.7 Å². The van der Waals surface area contributed by atoms with Crippen LogP contribution in [-0.2, 0) is 0 Å². The third-order valence-corrected chi connectivity index (χ3v) is 6.86. The van der Waals surface area contributed by atoms with Crippen molar-refractivity contribution in [3.63, 3.8) is 0 Å². The lowest BCUT2D eigenvalue weighted by Crippen LogP contribution is -2.36. The fourth-order valence-corrected chi connectivity index (χ4v) is 5.02. The lowest BCUT2D eigenvalue weighted by Gasteiger charge is -2.22. The largest absolute Gasteiger partial charge is 0.493 e. The fraction of sp³-hybridized carbons (Fsp3) is 0.292. The predicted molar refractivity (Wildman–Crippen MR) is 126 cm³/mol. The van der Waals surface area contributed by atoms with Gasteiger partial charge >= 0.3 is 0 Å². The van der Waals surface area contributed by atoms with Gasteiger partial charge in [-0.3, -0.25) is 4.79 Å². The summed E-state index contributed by atoms with van der Waals surface area (Å²) in [4.78, 5) is 14.8. The Balaban J connectivity index is 1.48. The first-order chi connectivity index (χ1) is 15.6. The van der Waals surface area contributed by atoms with Crippen LogP contribution in [0.2, 0.25) is 0 Å². The van der Waals surface area contributed by atoms with Crippen LogP contribution in [0.5, 0.6) is 11.5 Å². The molecule has 0 aliphatic carbocycles. The Bertz CT molecular complexity index is 1300. The van der Waals surface area contributed by atoms with E-state index in [0.717, 1.165) is 29.8 Å². The molecule has 32 heavy (non-hydrogen) atoms. The monoisotopic (exact) mass is 448 g/mol. The molecule has 2 aromatic carbocycles. The summed E-state index contributed by atoms with van der Waals surface area (Å²) < 4.78 is 13.0. The van der Waals surface area contributed by atoms with Gasteiger partial charge in [-0.05, 0) is 50.1 Å². The second-order valence-electron chi connectivity index (χ2n) is 7.86. The Morgan fingerprint density at radius 2 is 2.00 bits per heavy atom. The molecule has 7 nitrogen and oxygen atoms in total. The fourth-order valence-electron chi connectivity index (χ4n) is 4.04. The van der Waals surface area contributed by atoms with Crippen LogP contribution in [0.3, 0.4) is 0 Å². The number of aromatic nitrogens is 3. The Morgan fingerprint density at radius 3 is 2.75 bits per heavy atom. The summed E-state index contributed by atoms with van der Waals surface area (Å²) in [5, 5.41) is 12.5. The summed E-state index contributed by atoms with van der Waals surface area (Å²) in [6.45, 7) is 3.08. The van der Waals surface area contributed by atoms with Crippen LogP contribution in [0.15, 0.2) is 59.4 Å². The predicted octanol–water partition coefficient (Wildman–Crippen LogP) is 4.04. The Morgan fingerprint density at radius 1 is 1.16 bits per heavy atom. The molecule has 3 heterocycles. The van der Waals surface area contributed by atoms with E-state index in [4.69, 9.17) is 9.47 Å². The number of hydrogen-bond donors (Lipinski definition) is 1. The van der Waals surface area contributed by atoms with Crippen molar-refractivity contribution in [1.82, 2.24) is 20.3 Å². The average molecular weight is 449 g/mol. The number of fused-ring (bicyclic) bond motifs is 1. The highest BCUT2D eigenvalue weighted by Crippen LogP contribution is 2.32. The standard InChI is InChI=1S/C24H24N4O3S/c1-15(19-9-6-12-25-19)31-20-11-10-17(13-21(20)30-2)28-24(29)18-14-22(32-23(18)26-27-28)16-7-4-3-5-8-16/h3-5,7-8,10-11,13-15,19,25H,6,9,12H2,1-2H3. The Labute approximate surface area is 189 Å². The molecule has 1 fully saturated rings. The van der Waals surface area contributed by atoms with E-state index in [2.05, 4.69) is 22.6 Å². The molecule has 8 heteroatoms. The third kappa shape index (κ3) is 3.87. The number of hydrogen-bond acceptors (Lipinski definition) is 7. The number of nitrogens with zero attached hydrogens (tertiary/aromatic N) is 3. The van der Waals surface area contributed by atoms with Crippen LogP contribution in [-0.4, -0.2) is 40.8 Å². The van der Waals surface area contributed by atoms with E-state index in [0.29, 0.717) is 33.4 Å². The van der Waals surface area contributed by atoms with Crippen LogP contribution < -0.4 is 20.3 Å². The maximum Gasteiger partial charge on any atom is 0.283 e. The first-order valence-corrected chi connectivity index (χ1v) is 11.5. The summed E-state index contributed by atoms with van der Waals surface area (Å²) in [6.07, 6.45) is 2.27. The molecule has 2 aromatic heterocycles. The van der Waals surface area contributed by atoms with E-state index in [9.17, 15) is 4.79 Å². The second-order valence-corrected chi connectivity index (χ2v) is 8.89. The first-order valence-electron chi connectivity index (χ1n) is 10.7. The van der Waals surface area contributed by atoms with E-state index in [1.54, 1.807) is 19.2 Å². The molecule has 0 radical (unpaired) electrons. The van der Waals surface area contributed by atoms with E-state index in [1.807, 2.05) is 42.5 Å². The maximum absolute atomic E-state index is 13.2. The molecule has 1 aliphatic heterocycles. The SMILES string of the molecule is COc1cc(-n2nnc3sc(-c4ccccc4)cc3c2=O)ccc1OC(C)C1CCCN1. The van der Waals surface area contributed by atoms with Gasteiger partial charge in [0.15, 0.2) is 16.3 Å². The Kier molecular flexibility index (Phi) is 5.63. The molecule has 2 atom stereocenters. The summed E-state index contributed by atoms with van der Waals surface area (Å²) in [6, 6.07) is 17.5. The van der Waals surface area contributed by atoms with Crippen molar-refractivity contribution in [1.29, 1.82) is 0 Å². The number of thiophene rings is 1. The molecular weight excluding hydrogens is 424 g/mol. The van der Waals surface area contributed by atoms with Gasteiger partial charge in [0.25, 0.3) is 5.56 Å². The Hall–Kier alpha value is -3.23. The molecule has 0 amide bonds. The van der Waals surface area contributed by atoms with Crippen LogP contribution in [0, 0.1) is 0 Å². The maximum atomic E-state index is 13.2. The van der Waals surface area contributed by atoms with Crippen molar-refractivity contribution in [3.8, 4) is 27.6 Å². The molecule has 1 N–H and O–H groups in total. The summed E-state index contributed by atoms with van der Waals surface area (Å²) in [5.41, 5.74) is 1.41. The van der Waals surface area contributed by atoms with Crippen molar-refractivity contribution in [2.45, 2.75) is 31.9 Å². The number of benzene rings is 2. The third-order valence-electron chi connectivity index (χ3n) is 5.79. The topological polar surface area (TPSA) is 78.3 Å². The van der Waals surface area contributed by atoms with Crippen molar-refractivity contribution >= 4 is 21.6 Å². The van der Waals surface area contributed by atoms with Gasteiger partial charge in [0.1, 0.15) is 6.10 Å². The highest BCUT2D eigenvalue weighted by Gasteiger charge is 2.23. The zero-order valence-electron chi connectivity index (χ0n) is 17.9. The molecule has 4 aromatic rings. The van der Waals surface area contributed by atoms with Crippen molar-refractivity contribution < 1.29 is 9.47 Å². The van der Waals surface area contributed by atoms with Gasteiger partial charge in [-0.2, -0.15) is 4.68 Å². The average Bonchev–Trinajstić information content (AvgIpc) is 3.51. The van der Waals surface area contributed by atoms with Crippen LogP contribution >= 0.6 is 11.3 Å².